The first-order chi connectivity index (χ1) is 12.7. The summed E-state index contributed by atoms with van der Waals surface area (Å²) in [5, 5.41) is 0.660. The number of carbonyl (C=O) groups is 1. The van der Waals surface area contributed by atoms with Gasteiger partial charge in [0.05, 0.1) is 12.2 Å². The highest BCUT2D eigenvalue weighted by molar-refractivity contribution is 6.30. The number of para-hydroxylation sites is 2. The Hall–Kier alpha value is -3.04. The van der Waals surface area contributed by atoms with E-state index >= 15 is 0 Å². The molecule has 1 aliphatic heterocycles. The van der Waals surface area contributed by atoms with E-state index in [0.717, 1.165) is 11.3 Å². The Morgan fingerprint density at radius 2 is 1.73 bits per heavy atom. The van der Waals surface area contributed by atoms with E-state index in [-0.39, 0.29) is 5.91 Å². The van der Waals surface area contributed by atoms with Gasteiger partial charge in [-0.25, -0.2) is 0 Å². The van der Waals surface area contributed by atoms with E-state index in [4.69, 9.17) is 16.3 Å². The molecule has 0 spiro atoms. The summed E-state index contributed by atoms with van der Waals surface area (Å²) < 4.78 is 6.02. The maximum atomic E-state index is 13.0. The van der Waals surface area contributed by atoms with Crippen LogP contribution in [0.3, 0.4) is 0 Å². The zero-order valence-electron chi connectivity index (χ0n) is 13.9. The topological polar surface area (TPSA) is 29.5 Å². The van der Waals surface area contributed by atoms with Crippen molar-refractivity contribution >= 4 is 29.3 Å². The van der Waals surface area contributed by atoms with Crippen LogP contribution in [0.25, 0.3) is 6.08 Å². The minimum Gasteiger partial charge on any atom is -0.458 e. The van der Waals surface area contributed by atoms with Gasteiger partial charge in [-0.2, -0.15) is 0 Å². The maximum absolute atomic E-state index is 13.0. The normalized spacial score (nSPS) is 14.7. The van der Waals surface area contributed by atoms with E-state index in [2.05, 4.69) is 0 Å². The predicted octanol–water partition coefficient (Wildman–Crippen LogP) is 5.42. The lowest BCUT2D eigenvalue weighted by Gasteiger charge is -2.31. The summed E-state index contributed by atoms with van der Waals surface area (Å²) in [4.78, 5) is 14.8. The summed E-state index contributed by atoms with van der Waals surface area (Å²) in [5.41, 5.74) is 2.34. The lowest BCUT2D eigenvalue weighted by Crippen LogP contribution is -2.36. The first-order valence-electron chi connectivity index (χ1n) is 8.31. The monoisotopic (exact) mass is 361 g/mol. The van der Waals surface area contributed by atoms with E-state index in [1.54, 1.807) is 4.90 Å². The molecule has 0 unspecified atom stereocenters. The summed E-state index contributed by atoms with van der Waals surface area (Å²) >= 11 is 6.07. The Balaban J connectivity index is 1.73. The van der Waals surface area contributed by atoms with Crippen molar-refractivity contribution in [2.45, 2.75) is 0 Å². The van der Waals surface area contributed by atoms with E-state index in [1.165, 1.54) is 0 Å². The van der Waals surface area contributed by atoms with Gasteiger partial charge < -0.3 is 4.74 Å². The van der Waals surface area contributed by atoms with E-state index < -0.39 is 0 Å². The highest BCUT2D eigenvalue weighted by Gasteiger charge is 2.27. The van der Waals surface area contributed by atoms with Crippen molar-refractivity contribution in [1.29, 1.82) is 0 Å². The average molecular weight is 362 g/mol. The van der Waals surface area contributed by atoms with Crippen LogP contribution >= 0.6 is 11.6 Å². The largest absolute Gasteiger partial charge is 0.458 e. The smallest absolute Gasteiger partial charge is 0.258 e. The summed E-state index contributed by atoms with van der Waals surface area (Å²) in [6.45, 7) is 0.358. The van der Waals surface area contributed by atoms with Crippen LogP contribution in [0.15, 0.2) is 84.6 Å². The van der Waals surface area contributed by atoms with E-state index in [9.17, 15) is 4.79 Å². The molecule has 3 nitrogen and oxygen atoms in total. The number of fused-ring (bicyclic) bond motifs is 1. The van der Waals surface area contributed by atoms with Crippen molar-refractivity contribution in [2.75, 3.05) is 11.4 Å². The SMILES string of the molecule is O=C(c1ccccc1)N1C/C(=C\c2cccc(Cl)c2)Oc2ccccc21. The molecule has 1 amide bonds. The van der Waals surface area contributed by atoms with Gasteiger partial charge in [-0.1, -0.05) is 54.1 Å². The summed E-state index contributed by atoms with van der Waals surface area (Å²) in [7, 11) is 0. The van der Waals surface area contributed by atoms with Crippen molar-refractivity contribution in [3.8, 4) is 5.75 Å². The molecule has 0 radical (unpaired) electrons. The van der Waals surface area contributed by atoms with Gasteiger partial charge in [0.25, 0.3) is 5.91 Å². The van der Waals surface area contributed by atoms with Crippen LogP contribution < -0.4 is 9.64 Å². The van der Waals surface area contributed by atoms with Gasteiger partial charge in [0.1, 0.15) is 5.76 Å². The molecule has 4 heteroatoms. The molecular weight excluding hydrogens is 346 g/mol. The molecule has 26 heavy (non-hydrogen) atoms. The Morgan fingerprint density at radius 1 is 0.962 bits per heavy atom. The number of halogens is 1. The summed E-state index contributed by atoms with van der Waals surface area (Å²) in [6.07, 6.45) is 1.91. The Morgan fingerprint density at radius 3 is 2.54 bits per heavy atom. The fraction of sp³-hybridized carbons (Fsp3) is 0.0455. The standard InChI is InChI=1S/C22H16ClNO2/c23-18-10-6-7-16(13-18)14-19-15-24(20-11-4-5-12-21(20)26-19)22(25)17-8-2-1-3-9-17/h1-14H,15H2/b19-14+. The van der Waals surface area contributed by atoms with E-state index in [0.29, 0.717) is 28.6 Å². The minimum atomic E-state index is -0.0571. The molecule has 0 saturated carbocycles. The van der Waals surface area contributed by atoms with Crippen LogP contribution in [-0.4, -0.2) is 12.5 Å². The molecule has 0 fully saturated rings. The highest BCUT2D eigenvalue weighted by atomic mass is 35.5. The molecule has 0 atom stereocenters. The molecule has 4 rings (SSSR count). The molecule has 1 heterocycles. The third-order valence-corrected chi connectivity index (χ3v) is 4.39. The molecular formula is C22H16ClNO2. The number of amides is 1. The lowest BCUT2D eigenvalue weighted by atomic mass is 10.1. The van der Waals surface area contributed by atoms with Gasteiger partial charge in [0.15, 0.2) is 5.75 Å². The number of nitrogens with zero attached hydrogens (tertiary/aromatic N) is 1. The van der Waals surface area contributed by atoms with Crippen molar-refractivity contribution < 1.29 is 9.53 Å². The molecule has 0 saturated heterocycles. The van der Waals surface area contributed by atoms with Crippen LogP contribution in [0.5, 0.6) is 5.75 Å². The number of hydrogen-bond donors (Lipinski definition) is 0. The second kappa shape index (κ2) is 7.06. The van der Waals surface area contributed by atoms with Gasteiger partial charge in [0, 0.05) is 10.6 Å². The molecule has 3 aromatic rings. The number of hydrogen-bond acceptors (Lipinski definition) is 2. The summed E-state index contributed by atoms with van der Waals surface area (Å²) in [6, 6.07) is 24.3. The van der Waals surface area contributed by atoms with Gasteiger partial charge in [-0.05, 0) is 48.0 Å². The molecule has 1 aliphatic rings. The van der Waals surface area contributed by atoms with Gasteiger partial charge in [-0.3, -0.25) is 9.69 Å². The first-order valence-corrected chi connectivity index (χ1v) is 8.68. The number of carbonyl (C=O) groups excluding carboxylic acids is 1. The third-order valence-electron chi connectivity index (χ3n) is 4.15. The highest BCUT2D eigenvalue weighted by Crippen LogP contribution is 2.35. The fourth-order valence-electron chi connectivity index (χ4n) is 2.96. The predicted molar refractivity (Wildman–Crippen MR) is 105 cm³/mol. The number of benzene rings is 3. The number of ether oxygens (including phenoxy) is 1. The van der Waals surface area contributed by atoms with Crippen molar-refractivity contribution in [3.05, 3.63) is 101 Å². The molecule has 128 valence electrons. The Kier molecular flexibility index (Phi) is 4.46. The van der Waals surface area contributed by atoms with Crippen molar-refractivity contribution in [1.82, 2.24) is 0 Å². The molecule has 3 aromatic carbocycles. The summed E-state index contributed by atoms with van der Waals surface area (Å²) in [5.74, 6) is 1.30. The second-order valence-electron chi connectivity index (χ2n) is 5.99. The van der Waals surface area contributed by atoms with Crippen molar-refractivity contribution in [2.24, 2.45) is 0 Å². The van der Waals surface area contributed by atoms with Gasteiger partial charge >= 0.3 is 0 Å². The van der Waals surface area contributed by atoms with Crippen LogP contribution in [0, 0.1) is 0 Å². The molecule has 0 aliphatic carbocycles. The first kappa shape index (κ1) is 16.4. The Bertz CT molecular complexity index is 982. The van der Waals surface area contributed by atoms with E-state index in [1.807, 2.05) is 84.9 Å². The second-order valence-corrected chi connectivity index (χ2v) is 6.43. The minimum absolute atomic E-state index is 0.0571. The third kappa shape index (κ3) is 3.35. The molecule has 0 aromatic heterocycles. The maximum Gasteiger partial charge on any atom is 0.258 e. The molecule has 0 bridgehead atoms. The van der Waals surface area contributed by atoms with Crippen LogP contribution in [0.1, 0.15) is 15.9 Å². The van der Waals surface area contributed by atoms with Crippen LogP contribution in [-0.2, 0) is 0 Å². The number of rotatable bonds is 2. The zero-order valence-corrected chi connectivity index (χ0v) is 14.7. The van der Waals surface area contributed by atoms with Gasteiger partial charge in [-0.15, -0.1) is 0 Å². The zero-order chi connectivity index (χ0) is 17.9. The fourth-order valence-corrected chi connectivity index (χ4v) is 3.15. The number of anilines is 1. The lowest BCUT2D eigenvalue weighted by molar-refractivity contribution is 0.0983. The van der Waals surface area contributed by atoms with Crippen LogP contribution in [0.2, 0.25) is 5.02 Å². The molecule has 0 N–H and O–H groups in total. The van der Waals surface area contributed by atoms with Crippen molar-refractivity contribution in [3.63, 3.8) is 0 Å². The van der Waals surface area contributed by atoms with Gasteiger partial charge in [0.2, 0.25) is 0 Å². The average Bonchev–Trinajstić information content (AvgIpc) is 2.67. The Labute approximate surface area is 157 Å². The van der Waals surface area contributed by atoms with Crippen LogP contribution in [0.4, 0.5) is 5.69 Å². The quantitative estimate of drug-likeness (QED) is 0.610.